The summed E-state index contributed by atoms with van der Waals surface area (Å²) in [7, 11) is 3.45. The van der Waals surface area contributed by atoms with Crippen molar-refractivity contribution in [2.24, 2.45) is 4.99 Å². The van der Waals surface area contributed by atoms with E-state index in [1.54, 1.807) is 14.2 Å². The van der Waals surface area contributed by atoms with Crippen LogP contribution in [0.15, 0.2) is 35.3 Å². The van der Waals surface area contributed by atoms with Crippen molar-refractivity contribution in [3.8, 4) is 0 Å². The summed E-state index contributed by atoms with van der Waals surface area (Å²) in [6.07, 6.45) is 0. The maximum Gasteiger partial charge on any atom is 0.191 e. The molecule has 1 atom stereocenters. The molecule has 0 aliphatic heterocycles. The zero-order valence-corrected chi connectivity index (χ0v) is 13.5. The third-order valence-electron chi connectivity index (χ3n) is 2.48. The average molecular weight is 363 g/mol. The van der Waals surface area contributed by atoms with Crippen LogP contribution in [0.2, 0.25) is 0 Å². The molecule has 18 heavy (non-hydrogen) atoms. The molecular weight excluding hydrogens is 341 g/mol. The summed E-state index contributed by atoms with van der Waals surface area (Å²) in [5.41, 5.74) is 1.24. The molecule has 0 fully saturated rings. The van der Waals surface area contributed by atoms with E-state index in [4.69, 9.17) is 4.74 Å². The average Bonchev–Trinajstić information content (AvgIpc) is 2.38. The Labute approximate surface area is 126 Å². The molecule has 0 amide bonds. The van der Waals surface area contributed by atoms with Gasteiger partial charge in [0.05, 0.1) is 12.6 Å². The fourth-order valence-corrected chi connectivity index (χ4v) is 1.50. The van der Waals surface area contributed by atoms with Gasteiger partial charge in [-0.15, -0.1) is 24.0 Å². The van der Waals surface area contributed by atoms with Gasteiger partial charge in [-0.2, -0.15) is 0 Å². The largest absolute Gasteiger partial charge is 0.383 e. The third-order valence-corrected chi connectivity index (χ3v) is 2.48. The monoisotopic (exact) mass is 363 g/mol. The van der Waals surface area contributed by atoms with Crippen LogP contribution in [-0.4, -0.2) is 33.3 Å². The number of halogens is 1. The molecule has 102 valence electrons. The predicted molar refractivity (Wildman–Crippen MR) is 86.6 cm³/mol. The van der Waals surface area contributed by atoms with E-state index in [1.807, 2.05) is 18.2 Å². The summed E-state index contributed by atoms with van der Waals surface area (Å²) in [6, 6.07) is 10.5. The fraction of sp³-hybridized carbons (Fsp3) is 0.462. The number of rotatable bonds is 5. The molecule has 0 saturated heterocycles. The summed E-state index contributed by atoms with van der Waals surface area (Å²) in [4.78, 5) is 4.16. The first-order valence-electron chi connectivity index (χ1n) is 5.79. The number of guanidine groups is 1. The molecule has 2 N–H and O–H groups in total. The van der Waals surface area contributed by atoms with E-state index in [0.717, 1.165) is 12.5 Å². The summed E-state index contributed by atoms with van der Waals surface area (Å²) >= 11 is 0. The second kappa shape index (κ2) is 10.1. The second-order valence-corrected chi connectivity index (χ2v) is 3.77. The molecule has 0 radical (unpaired) electrons. The van der Waals surface area contributed by atoms with E-state index in [2.05, 4.69) is 34.7 Å². The molecule has 5 heteroatoms. The normalized spacial score (nSPS) is 12.5. The van der Waals surface area contributed by atoms with Gasteiger partial charge >= 0.3 is 0 Å². The minimum absolute atomic E-state index is 0. The summed E-state index contributed by atoms with van der Waals surface area (Å²) in [5, 5.41) is 6.51. The Bertz CT molecular complexity index is 343. The number of methoxy groups -OCH3 is 1. The van der Waals surface area contributed by atoms with Gasteiger partial charge in [0, 0.05) is 20.7 Å². The molecule has 0 bridgehead atoms. The molecule has 0 aliphatic carbocycles. The van der Waals surface area contributed by atoms with Crippen LogP contribution < -0.4 is 10.6 Å². The fourth-order valence-electron chi connectivity index (χ4n) is 1.50. The lowest BCUT2D eigenvalue weighted by molar-refractivity contribution is 0.203. The summed E-state index contributed by atoms with van der Waals surface area (Å²) in [6.45, 7) is 3.52. The van der Waals surface area contributed by atoms with Gasteiger partial charge in [-0.1, -0.05) is 30.3 Å². The number of nitrogens with one attached hydrogen (secondary N) is 2. The predicted octanol–water partition coefficient (Wildman–Crippen LogP) is 2.18. The Balaban J connectivity index is 0.00000289. The Morgan fingerprint density at radius 3 is 2.56 bits per heavy atom. The van der Waals surface area contributed by atoms with Gasteiger partial charge in [0.2, 0.25) is 0 Å². The Morgan fingerprint density at radius 2 is 2.00 bits per heavy atom. The van der Waals surface area contributed by atoms with Gasteiger partial charge in [0.15, 0.2) is 5.96 Å². The van der Waals surface area contributed by atoms with Gasteiger partial charge in [-0.05, 0) is 12.5 Å². The quantitative estimate of drug-likeness (QED) is 0.365. The number of hydrogen-bond donors (Lipinski definition) is 2. The highest BCUT2D eigenvalue weighted by molar-refractivity contribution is 14.0. The number of nitrogens with zero attached hydrogens (tertiary/aromatic N) is 1. The molecule has 1 unspecified atom stereocenters. The zero-order chi connectivity index (χ0) is 12.5. The van der Waals surface area contributed by atoms with Crippen LogP contribution in [0.25, 0.3) is 0 Å². The molecule has 4 nitrogen and oxygen atoms in total. The number of aliphatic imine (C=N–C) groups is 1. The molecule has 0 saturated carbocycles. The Morgan fingerprint density at radius 1 is 1.33 bits per heavy atom. The smallest absolute Gasteiger partial charge is 0.191 e. The topological polar surface area (TPSA) is 45.7 Å². The Kier molecular flexibility index (Phi) is 9.67. The van der Waals surface area contributed by atoms with Gasteiger partial charge < -0.3 is 15.4 Å². The lowest BCUT2D eigenvalue weighted by Gasteiger charge is -2.18. The first kappa shape index (κ1) is 17.2. The van der Waals surface area contributed by atoms with Gasteiger partial charge in [0.1, 0.15) is 0 Å². The van der Waals surface area contributed by atoms with E-state index in [1.165, 1.54) is 5.56 Å². The second-order valence-electron chi connectivity index (χ2n) is 3.77. The maximum atomic E-state index is 4.98. The SMILES string of the molecule is CN=C(NCCOC)NC(C)c1ccccc1.I. The highest BCUT2D eigenvalue weighted by atomic mass is 127. The standard InChI is InChI=1S/C13H21N3O.HI/c1-11(12-7-5-4-6-8-12)16-13(14-2)15-9-10-17-3;/h4-8,11H,9-10H2,1-3H3,(H2,14,15,16);1H. The van der Waals surface area contributed by atoms with Crippen molar-refractivity contribution in [2.45, 2.75) is 13.0 Å². The molecule has 0 heterocycles. The number of ether oxygens (including phenoxy) is 1. The molecular formula is C13H22IN3O. The van der Waals surface area contributed by atoms with Gasteiger partial charge in [-0.3, -0.25) is 4.99 Å². The minimum atomic E-state index is 0. The van der Waals surface area contributed by atoms with Crippen molar-refractivity contribution >= 4 is 29.9 Å². The third kappa shape index (κ3) is 6.20. The lowest BCUT2D eigenvalue weighted by Crippen LogP contribution is -2.40. The first-order chi connectivity index (χ1) is 8.27. The van der Waals surface area contributed by atoms with Gasteiger partial charge in [-0.25, -0.2) is 0 Å². The number of hydrogen-bond acceptors (Lipinski definition) is 2. The molecule has 1 aromatic rings. The van der Waals surface area contributed by atoms with Crippen LogP contribution in [0, 0.1) is 0 Å². The van der Waals surface area contributed by atoms with E-state index >= 15 is 0 Å². The minimum Gasteiger partial charge on any atom is -0.383 e. The van der Waals surface area contributed by atoms with E-state index in [0.29, 0.717) is 6.61 Å². The molecule has 0 spiro atoms. The van der Waals surface area contributed by atoms with Crippen LogP contribution in [0.1, 0.15) is 18.5 Å². The molecule has 0 aromatic heterocycles. The molecule has 0 aliphatic rings. The Hall–Kier alpha value is -0.820. The van der Waals surface area contributed by atoms with Crippen molar-refractivity contribution in [3.63, 3.8) is 0 Å². The highest BCUT2D eigenvalue weighted by Crippen LogP contribution is 2.10. The number of benzene rings is 1. The van der Waals surface area contributed by atoms with Crippen molar-refractivity contribution in [1.82, 2.24) is 10.6 Å². The van der Waals surface area contributed by atoms with Crippen molar-refractivity contribution < 1.29 is 4.74 Å². The van der Waals surface area contributed by atoms with E-state index in [9.17, 15) is 0 Å². The van der Waals surface area contributed by atoms with Crippen LogP contribution in [0.4, 0.5) is 0 Å². The van der Waals surface area contributed by atoms with Crippen molar-refractivity contribution in [1.29, 1.82) is 0 Å². The summed E-state index contributed by atoms with van der Waals surface area (Å²) < 4.78 is 4.98. The van der Waals surface area contributed by atoms with Crippen LogP contribution >= 0.6 is 24.0 Å². The lowest BCUT2D eigenvalue weighted by atomic mass is 10.1. The van der Waals surface area contributed by atoms with Crippen molar-refractivity contribution in [2.75, 3.05) is 27.3 Å². The van der Waals surface area contributed by atoms with Crippen molar-refractivity contribution in [3.05, 3.63) is 35.9 Å². The van der Waals surface area contributed by atoms with E-state index in [-0.39, 0.29) is 30.0 Å². The van der Waals surface area contributed by atoms with Crippen LogP contribution in [-0.2, 0) is 4.74 Å². The molecule has 1 aromatic carbocycles. The van der Waals surface area contributed by atoms with Crippen LogP contribution in [0.3, 0.4) is 0 Å². The highest BCUT2D eigenvalue weighted by Gasteiger charge is 2.06. The summed E-state index contributed by atoms with van der Waals surface area (Å²) in [5.74, 6) is 0.790. The maximum absolute atomic E-state index is 4.98. The van der Waals surface area contributed by atoms with Crippen LogP contribution in [0.5, 0.6) is 0 Å². The zero-order valence-electron chi connectivity index (χ0n) is 11.1. The van der Waals surface area contributed by atoms with E-state index < -0.39 is 0 Å². The van der Waals surface area contributed by atoms with Gasteiger partial charge in [0.25, 0.3) is 0 Å². The molecule has 1 rings (SSSR count). The first-order valence-corrected chi connectivity index (χ1v) is 5.79.